The summed E-state index contributed by atoms with van der Waals surface area (Å²) < 4.78 is 25.0. The highest BCUT2D eigenvalue weighted by atomic mass is 32.2. The number of benzene rings is 1. The van der Waals surface area contributed by atoms with Crippen LogP contribution in [0.1, 0.15) is 6.42 Å². The molecule has 0 bridgehead atoms. The van der Waals surface area contributed by atoms with Gasteiger partial charge in [-0.1, -0.05) is 17.3 Å². The van der Waals surface area contributed by atoms with Gasteiger partial charge in [-0.3, -0.25) is 4.68 Å². The molecule has 0 spiro atoms. The minimum atomic E-state index is -3.20. The number of hydrogen-bond acceptors (Lipinski definition) is 5. The molecule has 0 aliphatic rings. The van der Waals surface area contributed by atoms with Crippen molar-refractivity contribution < 1.29 is 8.42 Å². The van der Waals surface area contributed by atoms with Crippen LogP contribution in [-0.2, 0) is 16.4 Å². The number of anilines is 1. The highest BCUT2D eigenvalue weighted by Crippen LogP contribution is 2.20. The standard InChI is InChI=1S/C12H16N4O2S/c1-19(17,18)12-6-3-2-5-11(12)13-7-4-9-16-10-8-14-15-16/h2-3,5-6,8,10,13H,4,7,9H2,1H3. The van der Waals surface area contributed by atoms with Gasteiger partial charge in [-0.2, -0.15) is 0 Å². The molecule has 0 fully saturated rings. The van der Waals surface area contributed by atoms with E-state index in [-0.39, 0.29) is 0 Å². The highest BCUT2D eigenvalue weighted by molar-refractivity contribution is 7.90. The second-order valence-electron chi connectivity index (χ2n) is 4.21. The first-order chi connectivity index (χ1) is 9.07. The monoisotopic (exact) mass is 280 g/mol. The van der Waals surface area contributed by atoms with Gasteiger partial charge in [0.05, 0.1) is 16.8 Å². The van der Waals surface area contributed by atoms with Crippen molar-refractivity contribution in [3.63, 3.8) is 0 Å². The number of aryl methyl sites for hydroxylation is 1. The maximum absolute atomic E-state index is 11.6. The molecular formula is C12H16N4O2S. The quantitative estimate of drug-likeness (QED) is 0.804. The molecule has 1 aromatic heterocycles. The lowest BCUT2D eigenvalue weighted by Gasteiger charge is -2.10. The van der Waals surface area contributed by atoms with Crippen LogP contribution in [-0.4, -0.2) is 36.2 Å². The normalized spacial score (nSPS) is 11.4. The Hall–Kier alpha value is -1.89. The number of nitrogens with one attached hydrogen (secondary N) is 1. The molecule has 0 atom stereocenters. The summed E-state index contributed by atoms with van der Waals surface area (Å²) in [5.41, 5.74) is 0.642. The molecule has 2 aromatic rings. The van der Waals surface area contributed by atoms with Crippen LogP contribution in [0.15, 0.2) is 41.6 Å². The summed E-state index contributed by atoms with van der Waals surface area (Å²) in [6.07, 6.45) is 5.47. The van der Waals surface area contributed by atoms with Crippen molar-refractivity contribution in [3.8, 4) is 0 Å². The van der Waals surface area contributed by atoms with Gasteiger partial charge in [0.2, 0.25) is 0 Å². The van der Waals surface area contributed by atoms with Crippen LogP contribution in [0.25, 0.3) is 0 Å². The SMILES string of the molecule is CS(=O)(=O)c1ccccc1NCCCn1ccnn1. The maximum Gasteiger partial charge on any atom is 0.177 e. The molecule has 0 aliphatic carbocycles. The first-order valence-electron chi connectivity index (χ1n) is 5.94. The summed E-state index contributed by atoms with van der Waals surface area (Å²) in [5, 5.41) is 10.7. The molecule has 0 saturated heterocycles. The van der Waals surface area contributed by atoms with Crippen LogP contribution in [0, 0.1) is 0 Å². The largest absolute Gasteiger partial charge is 0.384 e. The molecule has 6 nitrogen and oxygen atoms in total. The van der Waals surface area contributed by atoms with Gasteiger partial charge < -0.3 is 5.32 Å². The van der Waals surface area contributed by atoms with E-state index in [0.717, 1.165) is 13.0 Å². The summed E-state index contributed by atoms with van der Waals surface area (Å²) in [6.45, 7) is 1.42. The molecule has 0 amide bonds. The molecule has 7 heteroatoms. The van der Waals surface area contributed by atoms with Gasteiger partial charge >= 0.3 is 0 Å². The fourth-order valence-electron chi connectivity index (χ4n) is 1.75. The van der Waals surface area contributed by atoms with Crippen LogP contribution in [0.4, 0.5) is 5.69 Å². The fourth-order valence-corrected chi connectivity index (χ4v) is 2.62. The average Bonchev–Trinajstić information content (AvgIpc) is 2.87. The number of nitrogens with zero attached hydrogens (tertiary/aromatic N) is 3. The van der Waals surface area contributed by atoms with E-state index in [4.69, 9.17) is 0 Å². The molecule has 102 valence electrons. The molecule has 1 aromatic carbocycles. The van der Waals surface area contributed by atoms with E-state index in [1.54, 1.807) is 35.3 Å². The van der Waals surface area contributed by atoms with Crippen molar-refractivity contribution in [2.24, 2.45) is 0 Å². The molecule has 0 saturated carbocycles. The van der Waals surface area contributed by atoms with Crippen LogP contribution in [0.5, 0.6) is 0 Å². The summed E-state index contributed by atoms with van der Waals surface area (Å²) in [5.74, 6) is 0. The molecule has 19 heavy (non-hydrogen) atoms. The Kier molecular flexibility index (Phi) is 4.16. The first-order valence-corrected chi connectivity index (χ1v) is 7.83. The summed E-state index contributed by atoms with van der Waals surface area (Å²) in [4.78, 5) is 0.329. The Morgan fingerprint density at radius 3 is 2.79 bits per heavy atom. The Bertz CT molecular complexity index is 623. The number of rotatable bonds is 6. The predicted molar refractivity (Wildman–Crippen MR) is 72.7 cm³/mol. The zero-order valence-electron chi connectivity index (χ0n) is 10.7. The van der Waals surface area contributed by atoms with E-state index < -0.39 is 9.84 Å². The number of hydrogen-bond donors (Lipinski definition) is 1. The Morgan fingerprint density at radius 2 is 2.11 bits per heavy atom. The van der Waals surface area contributed by atoms with E-state index in [2.05, 4.69) is 15.6 Å². The third kappa shape index (κ3) is 3.78. The minimum absolute atomic E-state index is 0.329. The predicted octanol–water partition coefficient (Wildman–Crippen LogP) is 1.18. The summed E-state index contributed by atoms with van der Waals surface area (Å²) in [7, 11) is -3.20. The van der Waals surface area contributed by atoms with Crippen LogP contribution < -0.4 is 5.32 Å². The second kappa shape index (κ2) is 5.83. The fraction of sp³-hybridized carbons (Fsp3) is 0.333. The van der Waals surface area contributed by atoms with Crippen molar-refractivity contribution in [1.82, 2.24) is 15.0 Å². The van der Waals surface area contributed by atoms with Gasteiger partial charge in [0.25, 0.3) is 0 Å². The first kappa shape index (κ1) is 13.5. The molecule has 1 N–H and O–H groups in total. The average molecular weight is 280 g/mol. The number of para-hydroxylation sites is 1. The highest BCUT2D eigenvalue weighted by Gasteiger charge is 2.11. The zero-order chi connectivity index (χ0) is 13.7. The van der Waals surface area contributed by atoms with E-state index in [1.165, 1.54) is 6.26 Å². The van der Waals surface area contributed by atoms with Crippen molar-refractivity contribution in [1.29, 1.82) is 0 Å². The van der Waals surface area contributed by atoms with Gasteiger partial charge in [0, 0.05) is 25.5 Å². The molecule has 0 unspecified atom stereocenters. The van der Waals surface area contributed by atoms with Crippen LogP contribution in [0.2, 0.25) is 0 Å². The van der Waals surface area contributed by atoms with Crippen LogP contribution in [0.3, 0.4) is 0 Å². The Balaban J connectivity index is 1.93. The maximum atomic E-state index is 11.6. The van der Waals surface area contributed by atoms with E-state index in [0.29, 0.717) is 17.1 Å². The molecule has 0 radical (unpaired) electrons. The van der Waals surface area contributed by atoms with Gasteiger partial charge in [0.1, 0.15) is 0 Å². The third-order valence-corrected chi connectivity index (χ3v) is 3.79. The van der Waals surface area contributed by atoms with Crippen molar-refractivity contribution in [3.05, 3.63) is 36.7 Å². The van der Waals surface area contributed by atoms with Crippen molar-refractivity contribution >= 4 is 15.5 Å². The number of aromatic nitrogens is 3. The van der Waals surface area contributed by atoms with Gasteiger partial charge in [-0.25, -0.2) is 8.42 Å². The Morgan fingerprint density at radius 1 is 1.32 bits per heavy atom. The lowest BCUT2D eigenvalue weighted by atomic mass is 10.3. The molecule has 0 aliphatic heterocycles. The van der Waals surface area contributed by atoms with E-state index in [9.17, 15) is 8.42 Å². The minimum Gasteiger partial charge on any atom is -0.384 e. The lowest BCUT2D eigenvalue weighted by molar-refractivity contribution is 0.569. The summed E-state index contributed by atoms with van der Waals surface area (Å²) in [6, 6.07) is 6.91. The van der Waals surface area contributed by atoms with Gasteiger partial charge in [0.15, 0.2) is 9.84 Å². The van der Waals surface area contributed by atoms with Gasteiger partial charge in [-0.05, 0) is 18.6 Å². The lowest BCUT2D eigenvalue weighted by Crippen LogP contribution is -2.10. The van der Waals surface area contributed by atoms with E-state index in [1.807, 2.05) is 6.07 Å². The Labute approximate surface area is 112 Å². The third-order valence-electron chi connectivity index (χ3n) is 2.64. The molecule has 1 heterocycles. The van der Waals surface area contributed by atoms with E-state index >= 15 is 0 Å². The summed E-state index contributed by atoms with van der Waals surface area (Å²) >= 11 is 0. The number of sulfone groups is 1. The molecule has 2 rings (SSSR count). The van der Waals surface area contributed by atoms with Crippen LogP contribution >= 0.6 is 0 Å². The molecular weight excluding hydrogens is 264 g/mol. The topological polar surface area (TPSA) is 76.9 Å². The van der Waals surface area contributed by atoms with Gasteiger partial charge in [-0.15, -0.1) is 5.10 Å². The van der Waals surface area contributed by atoms with Crippen molar-refractivity contribution in [2.75, 3.05) is 18.1 Å². The smallest absolute Gasteiger partial charge is 0.177 e. The zero-order valence-corrected chi connectivity index (χ0v) is 11.5. The van der Waals surface area contributed by atoms with Crippen molar-refractivity contribution in [2.45, 2.75) is 17.9 Å². The second-order valence-corrected chi connectivity index (χ2v) is 6.20.